The highest BCUT2D eigenvalue weighted by atomic mass is 16.7. The van der Waals surface area contributed by atoms with Gasteiger partial charge in [0, 0.05) is 17.3 Å². The first-order chi connectivity index (χ1) is 13.1. The van der Waals surface area contributed by atoms with Crippen LogP contribution in [0.1, 0.15) is 50.4 Å². The molecule has 28 heavy (non-hydrogen) atoms. The first-order valence-corrected chi connectivity index (χ1v) is 9.97. The molecule has 1 aromatic rings. The minimum atomic E-state index is -1.80. The third-order valence-electron chi connectivity index (χ3n) is 8.99. The van der Waals surface area contributed by atoms with Crippen molar-refractivity contribution < 1.29 is 29.3 Å². The number of aliphatic hydroxyl groups is 2. The molecular formula is C22H26O6. The molecule has 1 spiro atoms. The van der Waals surface area contributed by atoms with Crippen molar-refractivity contribution in [1.29, 1.82) is 0 Å². The Morgan fingerprint density at radius 3 is 2.61 bits per heavy atom. The summed E-state index contributed by atoms with van der Waals surface area (Å²) in [5, 5.41) is 23.5. The number of Topliss-reactive ketones (excluding diaryl/α,β-unsaturated/α-hetero) is 1. The highest BCUT2D eigenvalue weighted by Crippen LogP contribution is 2.80. The van der Waals surface area contributed by atoms with Gasteiger partial charge in [-0.2, -0.15) is 0 Å². The average Bonchev–Trinajstić information content (AvgIpc) is 3.07. The van der Waals surface area contributed by atoms with E-state index < -0.39 is 39.7 Å². The molecule has 5 fully saturated rings. The van der Waals surface area contributed by atoms with Crippen molar-refractivity contribution in [3.8, 4) is 0 Å². The number of hydrogen-bond donors (Lipinski definition) is 2. The predicted octanol–water partition coefficient (Wildman–Crippen LogP) is 2.08. The molecule has 6 nitrogen and oxygen atoms in total. The average molecular weight is 386 g/mol. The topological polar surface area (TPSA) is 93.1 Å². The Labute approximate surface area is 163 Å². The monoisotopic (exact) mass is 386 g/mol. The first-order valence-electron chi connectivity index (χ1n) is 9.97. The van der Waals surface area contributed by atoms with E-state index in [1.807, 2.05) is 13.8 Å². The molecule has 1 aromatic carbocycles. The molecule has 1 saturated heterocycles. The molecule has 2 unspecified atom stereocenters. The van der Waals surface area contributed by atoms with Crippen LogP contribution < -0.4 is 0 Å². The second-order valence-corrected chi connectivity index (χ2v) is 9.51. The van der Waals surface area contributed by atoms with E-state index in [9.17, 15) is 19.8 Å². The number of fused-ring (bicyclic) bond motifs is 1. The van der Waals surface area contributed by atoms with Gasteiger partial charge < -0.3 is 19.7 Å². The lowest BCUT2D eigenvalue weighted by Crippen LogP contribution is -2.84. The van der Waals surface area contributed by atoms with Crippen LogP contribution in [0.25, 0.3) is 0 Å². The summed E-state index contributed by atoms with van der Waals surface area (Å²) in [5.74, 6) is -2.65. The van der Waals surface area contributed by atoms with Crippen molar-refractivity contribution >= 4 is 11.8 Å². The van der Waals surface area contributed by atoms with Crippen LogP contribution >= 0.6 is 0 Å². The van der Waals surface area contributed by atoms with Crippen LogP contribution in [-0.4, -0.2) is 46.1 Å². The van der Waals surface area contributed by atoms with Gasteiger partial charge in [-0.15, -0.1) is 0 Å². The second kappa shape index (κ2) is 5.04. The minimum absolute atomic E-state index is 0.0549. The van der Waals surface area contributed by atoms with Gasteiger partial charge in [-0.05, 0) is 37.8 Å². The van der Waals surface area contributed by atoms with E-state index in [1.54, 1.807) is 37.3 Å². The molecular weight excluding hydrogens is 360 g/mol. The number of carbonyl (C=O) groups excluding carboxylic acids is 2. The van der Waals surface area contributed by atoms with E-state index in [0.717, 1.165) is 0 Å². The molecule has 1 aliphatic heterocycles. The van der Waals surface area contributed by atoms with Crippen LogP contribution in [0.5, 0.6) is 0 Å². The van der Waals surface area contributed by atoms with Gasteiger partial charge in [-0.3, -0.25) is 4.79 Å². The van der Waals surface area contributed by atoms with Gasteiger partial charge in [0.1, 0.15) is 17.3 Å². The zero-order valence-corrected chi connectivity index (χ0v) is 16.4. The Morgan fingerprint density at radius 2 is 1.93 bits per heavy atom. The van der Waals surface area contributed by atoms with E-state index in [0.29, 0.717) is 18.4 Å². The molecule has 0 aromatic heterocycles. The predicted molar refractivity (Wildman–Crippen MR) is 98.2 cm³/mol. The zero-order chi connectivity index (χ0) is 20.2. The van der Waals surface area contributed by atoms with E-state index in [2.05, 4.69) is 0 Å². The fraction of sp³-hybridized carbons (Fsp3) is 0.636. The molecule has 2 N–H and O–H groups in total. The molecule has 0 amide bonds. The van der Waals surface area contributed by atoms with Crippen LogP contribution in [0.4, 0.5) is 0 Å². The largest absolute Gasteiger partial charge is 0.425 e. The van der Waals surface area contributed by atoms with Gasteiger partial charge >= 0.3 is 5.97 Å². The molecule has 7 atom stereocenters. The Bertz CT molecular complexity index is 884. The summed E-state index contributed by atoms with van der Waals surface area (Å²) in [5.41, 5.74) is -4.28. The standard InChI is InChI=1S/C22H26O6/c1-13-9-10-21(26)18(2)12-27-22(28-16(24)14-7-5-4-6-8-14)17(25)20(13,21)11-15(23)19(18,22)3/h4-8,13,17,25-26H,9-12H2,1-3H3/t13-,17-,18+,19?,20?,21+,22+/m1/s1. The number of aliphatic hydroxyl groups excluding tert-OH is 1. The normalized spacial score (nSPS) is 51.2. The molecule has 0 radical (unpaired) electrons. The van der Waals surface area contributed by atoms with Crippen LogP contribution in [0.2, 0.25) is 0 Å². The van der Waals surface area contributed by atoms with E-state index in [1.165, 1.54) is 0 Å². The van der Waals surface area contributed by atoms with Crippen LogP contribution in [0, 0.1) is 22.2 Å². The smallest absolute Gasteiger partial charge is 0.340 e. The molecule has 1 heterocycles. The maximum atomic E-state index is 13.4. The Morgan fingerprint density at radius 1 is 1.25 bits per heavy atom. The Kier molecular flexibility index (Phi) is 3.29. The summed E-state index contributed by atoms with van der Waals surface area (Å²) in [6.07, 6.45) is -0.00825. The number of carbonyl (C=O) groups is 2. The van der Waals surface area contributed by atoms with Crippen molar-refractivity contribution in [1.82, 2.24) is 0 Å². The summed E-state index contributed by atoms with van der Waals surface area (Å²) in [4.78, 5) is 26.4. The summed E-state index contributed by atoms with van der Waals surface area (Å²) >= 11 is 0. The first kappa shape index (κ1) is 18.3. The lowest BCUT2D eigenvalue weighted by molar-refractivity contribution is -0.366. The third-order valence-corrected chi connectivity index (χ3v) is 8.99. The molecule has 5 aliphatic rings. The maximum Gasteiger partial charge on any atom is 0.340 e. The third kappa shape index (κ3) is 1.51. The van der Waals surface area contributed by atoms with E-state index in [4.69, 9.17) is 9.47 Å². The van der Waals surface area contributed by atoms with Crippen molar-refractivity contribution in [2.45, 2.75) is 57.5 Å². The van der Waals surface area contributed by atoms with Crippen LogP contribution in [0.15, 0.2) is 30.3 Å². The molecule has 150 valence electrons. The zero-order valence-electron chi connectivity index (χ0n) is 16.4. The van der Waals surface area contributed by atoms with Crippen molar-refractivity contribution in [2.75, 3.05) is 6.61 Å². The summed E-state index contributed by atoms with van der Waals surface area (Å²) in [6, 6.07) is 8.48. The summed E-state index contributed by atoms with van der Waals surface area (Å²) in [6.45, 7) is 5.55. The van der Waals surface area contributed by atoms with Crippen molar-refractivity contribution in [2.24, 2.45) is 22.2 Å². The number of rotatable bonds is 2. The Hall–Kier alpha value is -1.76. The number of benzene rings is 1. The fourth-order valence-corrected chi connectivity index (χ4v) is 7.08. The number of ketones is 1. The minimum Gasteiger partial charge on any atom is -0.425 e. The molecule has 4 bridgehead atoms. The van der Waals surface area contributed by atoms with Gasteiger partial charge in [0.25, 0.3) is 5.79 Å². The number of esters is 1. The SMILES string of the molecule is C[C@@H]1CC[C@@]2(O)C13CC(=O)C1(C)[C@](OC(=O)c4ccccc4)(OC[C@@]12C)[C@@H]3O. The summed E-state index contributed by atoms with van der Waals surface area (Å²) < 4.78 is 11.9. The molecule has 6 heteroatoms. The fourth-order valence-electron chi connectivity index (χ4n) is 7.08. The quantitative estimate of drug-likeness (QED) is 0.756. The summed E-state index contributed by atoms with van der Waals surface area (Å²) in [7, 11) is 0. The van der Waals surface area contributed by atoms with Gasteiger partial charge in [-0.1, -0.05) is 32.0 Å². The maximum absolute atomic E-state index is 13.4. The van der Waals surface area contributed by atoms with Gasteiger partial charge in [0.2, 0.25) is 0 Å². The molecule has 4 saturated carbocycles. The van der Waals surface area contributed by atoms with Gasteiger partial charge in [0.15, 0.2) is 0 Å². The van der Waals surface area contributed by atoms with Crippen molar-refractivity contribution in [3.05, 3.63) is 35.9 Å². The molecule has 4 aliphatic carbocycles. The number of hydrogen-bond acceptors (Lipinski definition) is 6. The van der Waals surface area contributed by atoms with Crippen LogP contribution in [0.3, 0.4) is 0 Å². The lowest BCUT2D eigenvalue weighted by atomic mass is 9.35. The highest BCUT2D eigenvalue weighted by molar-refractivity contribution is 5.94. The Balaban J connectivity index is 1.70. The van der Waals surface area contributed by atoms with E-state index >= 15 is 0 Å². The van der Waals surface area contributed by atoms with E-state index in [-0.39, 0.29) is 24.7 Å². The van der Waals surface area contributed by atoms with Gasteiger partial charge in [-0.25, -0.2) is 4.79 Å². The number of ether oxygens (including phenoxy) is 2. The van der Waals surface area contributed by atoms with Crippen molar-refractivity contribution in [3.63, 3.8) is 0 Å². The van der Waals surface area contributed by atoms with Gasteiger partial charge in [0.05, 0.1) is 17.8 Å². The highest BCUT2D eigenvalue weighted by Gasteiger charge is 2.92. The second-order valence-electron chi connectivity index (χ2n) is 9.51. The van der Waals surface area contributed by atoms with Crippen LogP contribution in [-0.2, 0) is 14.3 Å². The molecule has 6 rings (SSSR count). The lowest BCUT2D eigenvalue weighted by Gasteiger charge is -2.70.